The number of ether oxygens (including phenoxy) is 2. The highest BCUT2D eigenvalue weighted by Gasteiger charge is 2.12. The Bertz CT molecular complexity index is 890. The third-order valence-corrected chi connectivity index (χ3v) is 4.32. The number of hydrogen-bond donors (Lipinski definition) is 1. The van der Waals surface area contributed by atoms with Crippen LogP contribution in [-0.2, 0) is 0 Å². The van der Waals surface area contributed by atoms with E-state index in [1.807, 2.05) is 23.6 Å². The maximum Gasteiger partial charge on any atom is 0.187 e. The summed E-state index contributed by atoms with van der Waals surface area (Å²) in [4.78, 5) is 15.3. The summed E-state index contributed by atoms with van der Waals surface area (Å²) in [5.41, 5.74) is 2.46. The molecule has 0 atom stereocenters. The summed E-state index contributed by atoms with van der Waals surface area (Å²) in [6, 6.07) is 11.8. The third kappa shape index (κ3) is 3.72. The van der Waals surface area contributed by atoms with Crippen LogP contribution in [0.15, 0.2) is 47.8 Å². The van der Waals surface area contributed by atoms with Gasteiger partial charge in [0.05, 0.1) is 25.9 Å². The zero-order valence-electron chi connectivity index (χ0n) is 13.6. The van der Waals surface area contributed by atoms with Crippen molar-refractivity contribution in [3.63, 3.8) is 0 Å². The highest BCUT2D eigenvalue weighted by Crippen LogP contribution is 2.35. The van der Waals surface area contributed by atoms with Crippen LogP contribution in [0.5, 0.6) is 11.5 Å². The second kappa shape index (κ2) is 7.23. The number of carboxylic acids is 1. The van der Waals surface area contributed by atoms with Crippen molar-refractivity contribution in [2.75, 3.05) is 19.5 Å². The van der Waals surface area contributed by atoms with Crippen LogP contribution in [-0.4, -0.2) is 25.2 Å². The number of methoxy groups -OCH3 is 2. The predicted molar refractivity (Wildman–Crippen MR) is 94.7 cm³/mol. The summed E-state index contributed by atoms with van der Waals surface area (Å²) in [7, 11) is 3.21. The fourth-order valence-corrected chi connectivity index (χ4v) is 3.01. The van der Waals surface area contributed by atoms with E-state index >= 15 is 0 Å². The van der Waals surface area contributed by atoms with Crippen LogP contribution < -0.4 is 19.9 Å². The van der Waals surface area contributed by atoms with E-state index in [2.05, 4.69) is 10.3 Å². The minimum atomic E-state index is -1.20. The van der Waals surface area contributed by atoms with Gasteiger partial charge in [0.1, 0.15) is 11.5 Å². The molecule has 0 unspecified atom stereocenters. The third-order valence-electron chi connectivity index (χ3n) is 3.56. The molecule has 25 heavy (non-hydrogen) atoms. The number of thiazole rings is 1. The van der Waals surface area contributed by atoms with E-state index < -0.39 is 5.97 Å². The van der Waals surface area contributed by atoms with Crippen LogP contribution in [0.25, 0.3) is 11.3 Å². The van der Waals surface area contributed by atoms with Gasteiger partial charge in [0.2, 0.25) is 0 Å². The Morgan fingerprint density at radius 3 is 2.52 bits per heavy atom. The number of benzene rings is 2. The number of anilines is 2. The minimum Gasteiger partial charge on any atom is -0.545 e. The molecule has 0 radical (unpaired) electrons. The number of carboxylic acid groups (broad SMARTS) is 1. The van der Waals surface area contributed by atoms with E-state index in [0.29, 0.717) is 10.9 Å². The molecule has 0 saturated heterocycles. The number of rotatable bonds is 6. The van der Waals surface area contributed by atoms with Crippen molar-refractivity contribution in [3.05, 3.63) is 53.4 Å². The second-order valence-electron chi connectivity index (χ2n) is 5.09. The summed E-state index contributed by atoms with van der Waals surface area (Å²) in [5, 5.41) is 16.5. The molecular formula is C18H15N2O4S-. The van der Waals surface area contributed by atoms with Crippen molar-refractivity contribution in [1.29, 1.82) is 0 Å². The summed E-state index contributed by atoms with van der Waals surface area (Å²) >= 11 is 1.44. The quantitative estimate of drug-likeness (QED) is 0.732. The molecule has 3 rings (SSSR count). The first-order chi connectivity index (χ1) is 12.1. The first-order valence-corrected chi connectivity index (χ1v) is 8.25. The maximum atomic E-state index is 10.8. The lowest BCUT2D eigenvalue weighted by atomic mass is 10.1. The normalized spacial score (nSPS) is 10.3. The van der Waals surface area contributed by atoms with E-state index in [-0.39, 0.29) is 5.56 Å². The predicted octanol–water partition coefficient (Wildman–Crippen LogP) is 2.93. The number of aromatic carboxylic acids is 1. The van der Waals surface area contributed by atoms with Crippen LogP contribution in [0, 0.1) is 0 Å². The van der Waals surface area contributed by atoms with Gasteiger partial charge in [-0.3, -0.25) is 0 Å². The van der Waals surface area contributed by atoms with Crippen molar-refractivity contribution >= 4 is 28.1 Å². The molecule has 0 fully saturated rings. The van der Waals surface area contributed by atoms with Crippen molar-refractivity contribution in [3.8, 4) is 22.8 Å². The molecule has 1 heterocycles. The van der Waals surface area contributed by atoms with Gasteiger partial charge in [-0.1, -0.05) is 12.1 Å². The number of aromatic nitrogens is 1. The lowest BCUT2D eigenvalue weighted by Gasteiger charge is -2.08. The lowest BCUT2D eigenvalue weighted by molar-refractivity contribution is -0.255. The molecule has 0 saturated carbocycles. The average molecular weight is 355 g/mol. The molecule has 0 spiro atoms. The molecular weight excluding hydrogens is 340 g/mol. The fourth-order valence-electron chi connectivity index (χ4n) is 2.28. The summed E-state index contributed by atoms with van der Waals surface area (Å²) in [6.45, 7) is 0. The smallest absolute Gasteiger partial charge is 0.187 e. The minimum absolute atomic E-state index is 0.131. The van der Waals surface area contributed by atoms with Gasteiger partial charge in [-0.05, 0) is 35.9 Å². The standard InChI is InChI=1S/C18H16N2O4S/c1-23-13-7-8-16(24-2)14(9-13)15-10-25-18(20-15)19-12-5-3-11(4-6-12)17(21)22/h3-10H,1-2H3,(H,19,20)(H,21,22)/p-1. The zero-order chi connectivity index (χ0) is 17.8. The van der Waals surface area contributed by atoms with Crippen molar-refractivity contribution in [2.45, 2.75) is 0 Å². The molecule has 0 amide bonds. The molecule has 7 heteroatoms. The Morgan fingerprint density at radius 2 is 1.88 bits per heavy atom. The SMILES string of the molecule is COc1ccc(OC)c(-c2csc(Nc3ccc(C(=O)[O-])cc3)n2)c1. The van der Waals surface area contributed by atoms with Crippen LogP contribution >= 0.6 is 11.3 Å². The number of nitrogens with one attached hydrogen (secondary N) is 1. The van der Waals surface area contributed by atoms with Gasteiger partial charge in [-0.25, -0.2) is 4.98 Å². The van der Waals surface area contributed by atoms with Crippen LogP contribution in [0.3, 0.4) is 0 Å². The first-order valence-electron chi connectivity index (χ1n) is 7.37. The Morgan fingerprint density at radius 1 is 1.12 bits per heavy atom. The highest BCUT2D eigenvalue weighted by atomic mass is 32.1. The van der Waals surface area contributed by atoms with E-state index in [9.17, 15) is 9.90 Å². The van der Waals surface area contributed by atoms with Gasteiger partial charge in [0.15, 0.2) is 5.13 Å². The van der Waals surface area contributed by atoms with Crippen LogP contribution in [0.1, 0.15) is 10.4 Å². The molecule has 0 bridgehead atoms. The van der Waals surface area contributed by atoms with E-state index in [0.717, 1.165) is 22.7 Å². The number of carbonyl (C=O) groups is 1. The topological polar surface area (TPSA) is 83.5 Å². The Kier molecular flexibility index (Phi) is 4.85. The Balaban J connectivity index is 1.84. The molecule has 0 aliphatic rings. The molecule has 1 N–H and O–H groups in total. The van der Waals surface area contributed by atoms with Gasteiger partial charge in [-0.2, -0.15) is 0 Å². The van der Waals surface area contributed by atoms with Gasteiger partial charge in [-0.15, -0.1) is 11.3 Å². The molecule has 0 aliphatic carbocycles. The zero-order valence-corrected chi connectivity index (χ0v) is 14.4. The van der Waals surface area contributed by atoms with E-state index in [4.69, 9.17) is 9.47 Å². The maximum absolute atomic E-state index is 10.8. The molecule has 1 aromatic heterocycles. The van der Waals surface area contributed by atoms with Crippen molar-refractivity contribution in [2.24, 2.45) is 0 Å². The van der Waals surface area contributed by atoms with Crippen molar-refractivity contribution in [1.82, 2.24) is 4.98 Å². The van der Waals surface area contributed by atoms with E-state index in [1.54, 1.807) is 26.4 Å². The van der Waals surface area contributed by atoms with Crippen molar-refractivity contribution < 1.29 is 19.4 Å². The van der Waals surface area contributed by atoms with Gasteiger partial charge >= 0.3 is 0 Å². The number of hydrogen-bond acceptors (Lipinski definition) is 7. The summed E-state index contributed by atoms with van der Waals surface area (Å²) in [5.74, 6) is 0.223. The largest absolute Gasteiger partial charge is 0.545 e. The lowest BCUT2D eigenvalue weighted by Crippen LogP contribution is -2.21. The molecule has 3 aromatic rings. The Labute approximate surface area is 148 Å². The second-order valence-corrected chi connectivity index (χ2v) is 5.95. The summed E-state index contributed by atoms with van der Waals surface area (Å²) < 4.78 is 10.6. The van der Waals surface area contributed by atoms with Crippen LogP contribution in [0.4, 0.5) is 10.8 Å². The molecule has 2 aromatic carbocycles. The monoisotopic (exact) mass is 355 g/mol. The number of nitrogens with zero attached hydrogens (tertiary/aromatic N) is 1. The Hall–Kier alpha value is -3.06. The number of carbonyl (C=O) groups excluding carboxylic acids is 1. The molecule has 128 valence electrons. The average Bonchev–Trinajstić information content (AvgIpc) is 3.10. The van der Waals surface area contributed by atoms with Gasteiger partial charge in [0, 0.05) is 16.6 Å². The molecule has 6 nitrogen and oxygen atoms in total. The van der Waals surface area contributed by atoms with Crippen LogP contribution in [0.2, 0.25) is 0 Å². The summed E-state index contributed by atoms with van der Waals surface area (Å²) in [6.07, 6.45) is 0. The van der Waals surface area contributed by atoms with Gasteiger partial charge < -0.3 is 24.7 Å². The highest BCUT2D eigenvalue weighted by molar-refractivity contribution is 7.14. The van der Waals surface area contributed by atoms with E-state index in [1.165, 1.54) is 23.5 Å². The van der Waals surface area contributed by atoms with Gasteiger partial charge in [0.25, 0.3) is 0 Å². The fraction of sp³-hybridized carbons (Fsp3) is 0.111. The molecule has 0 aliphatic heterocycles. The first kappa shape index (κ1) is 16.8.